The van der Waals surface area contributed by atoms with Gasteiger partial charge in [-0.2, -0.15) is 0 Å². The van der Waals surface area contributed by atoms with Gasteiger partial charge in [0.2, 0.25) is 0 Å². The fraction of sp³-hybridized carbons (Fsp3) is 0.280. The van der Waals surface area contributed by atoms with Crippen molar-refractivity contribution in [1.29, 1.82) is 0 Å². The molecule has 3 rings (SSSR count). The highest BCUT2D eigenvalue weighted by Crippen LogP contribution is 2.26. The number of rotatable bonds is 5. The number of hydrogen-bond acceptors (Lipinski definition) is 0. The highest BCUT2D eigenvalue weighted by atomic mass is 28.3. The maximum absolute atomic E-state index is 2.37. The van der Waals surface area contributed by atoms with Gasteiger partial charge < -0.3 is 0 Å². The van der Waals surface area contributed by atoms with Crippen molar-refractivity contribution in [3.63, 3.8) is 0 Å². The molecule has 1 radical (unpaired) electrons. The molecule has 0 heterocycles. The van der Waals surface area contributed by atoms with Crippen molar-refractivity contribution < 1.29 is 0 Å². The lowest BCUT2D eigenvalue weighted by Gasteiger charge is -2.25. The lowest BCUT2D eigenvalue weighted by molar-refractivity contribution is 0.397. The van der Waals surface area contributed by atoms with Crippen LogP contribution in [-0.4, -0.2) is 8.80 Å². The van der Waals surface area contributed by atoms with E-state index in [2.05, 4.69) is 107 Å². The summed E-state index contributed by atoms with van der Waals surface area (Å²) < 4.78 is 0. The second kappa shape index (κ2) is 8.05. The third-order valence-electron chi connectivity index (χ3n) is 4.91. The normalized spacial score (nSPS) is 11.7. The van der Waals surface area contributed by atoms with E-state index in [0.717, 1.165) is 0 Å². The summed E-state index contributed by atoms with van der Waals surface area (Å²) in [7, 11) is -0.832. The lowest BCUT2D eigenvalue weighted by atomic mass is 9.94. The topological polar surface area (TPSA) is 0 Å². The van der Waals surface area contributed by atoms with Crippen molar-refractivity contribution >= 4 is 19.2 Å². The maximum Gasteiger partial charge on any atom is 0.122 e. The standard InChI is InChI=1S/C25H29Si/c1-20-12-11-17-23(24(20)21-13-7-5-8-14-21)26(19-18-25(2,3)4)22-15-9-6-10-16-22/h5-17H,18-19H2,1-4H3. The van der Waals surface area contributed by atoms with Crippen molar-refractivity contribution in [3.8, 4) is 11.1 Å². The van der Waals surface area contributed by atoms with Crippen LogP contribution in [0.4, 0.5) is 0 Å². The van der Waals surface area contributed by atoms with Crippen LogP contribution in [0.5, 0.6) is 0 Å². The SMILES string of the molecule is Cc1cccc([Si](CCC(C)(C)C)c2ccccc2)c1-c1ccccc1. The summed E-state index contributed by atoms with van der Waals surface area (Å²) in [5.41, 5.74) is 4.53. The number of benzene rings is 3. The predicted molar refractivity (Wildman–Crippen MR) is 117 cm³/mol. The first-order chi connectivity index (χ1) is 12.5. The van der Waals surface area contributed by atoms with E-state index in [9.17, 15) is 0 Å². The molecule has 0 aromatic heterocycles. The van der Waals surface area contributed by atoms with E-state index in [-0.39, 0.29) is 0 Å². The van der Waals surface area contributed by atoms with Gasteiger partial charge in [0.25, 0.3) is 0 Å². The van der Waals surface area contributed by atoms with Gasteiger partial charge in [-0.3, -0.25) is 0 Å². The van der Waals surface area contributed by atoms with Crippen LogP contribution in [0.15, 0.2) is 78.9 Å². The van der Waals surface area contributed by atoms with Crippen LogP contribution in [-0.2, 0) is 0 Å². The van der Waals surface area contributed by atoms with E-state index in [4.69, 9.17) is 0 Å². The van der Waals surface area contributed by atoms with Gasteiger partial charge in [-0.25, -0.2) is 0 Å². The van der Waals surface area contributed by atoms with Crippen LogP contribution in [0.25, 0.3) is 11.1 Å². The second-order valence-corrected chi connectivity index (χ2v) is 10.8. The first-order valence-electron chi connectivity index (χ1n) is 9.52. The Bertz CT molecular complexity index is 829. The van der Waals surface area contributed by atoms with Crippen LogP contribution in [0.1, 0.15) is 32.8 Å². The Balaban J connectivity index is 2.11. The van der Waals surface area contributed by atoms with E-state index in [0.29, 0.717) is 5.41 Å². The summed E-state index contributed by atoms with van der Waals surface area (Å²) in [4.78, 5) is 0. The van der Waals surface area contributed by atoms with E-state index < -0.39 is 8.80 Å². The molecule has 0 aliphatic carbocycles. The Morgan fingerprint density at radius 1 is 0.731 bits per heavy atom. The zero-order chi connectivity index (χ0) is 18.6. The van der Waals surface area contributed by atoms with Gasteiger partial charge in [0.15, 0.2) is 0 Å². The molecule has 0 saturated carbocycles. The average molecular weight is 358 g/mol. The molecule has 0 amide bonds. The molecule has 3 aromatic carbocycles. The molecule has 0 bridgehead atoms. The molecule has 0 spiro atoms. The van der Waals surface area contributed by atoms with Gasteiger partial charge in [0.1, 0.15) is 8.80 Å². The minimum absolute atomic E-state index is 0.363. The van der Waals surface area contributed by atoms with E-state index in [1.54, 1.807) is 5.19 Å². The molecule has 3 aromatic rings. The molecule has 0 nitrogen and oxygen atoms in total. The van der Waals surface area contributed by atoms with E-state index >= 15 is 0 Å². The zero-order valence-corrected chi connectivity index (χ0v) is 17.4. The molecular formula is C25H29Si. The van der Waals surface area contributed by atoms with Gasteiger partial charge in [0, 0.05) is 0 Å². The van der Waals surface area contributed by atoms with Gasteiger partial charge in [0.05, 0.1) is 0 Å². The third kappa shape index (κ3) is 4.53. The number of hydrogen-bond donors (Lipinski definition) is 0. The minimum atomic E-state index is -0.832. The molecular weight excluding hydrogens is 328 g/mol. The monoisotopic (exact) mass is 357 g/mol. The second-order valence-electron chi connectivity index (χ2n) is 8.27. The Morgan fingerprint density at radius 3 is 1.96 bits per heavy atom. The molecule has 0 aliphatic heterocycles. The van der Waals surface area contributed by atoms with Crippen molar-refractivity contribution in [2.24, 2.45) is 5.41 Å². The highest BCUT2D eigenvalue weighted by Gasteiger charge is 2.23. The fourth-order valence-electron chi connectivity index (χ4n) is 3.48. The Morgan fingerprint density at radius 2 is 1.35 bits per heavy atom. The van der Waals surface area contributed by atoms with Crippen molar-refractivity contribution in [3.05, 3.63) is 84.4 Å². The Hall–Kier alpha value is -2.12. The quantitative estimate of drug-likeness (QED) is 0.513. The molecule has 0 atom stereocenters. The molecule has 0 N–H and O–H groups in total. The Kier molecular flexibility index (Phi) is 5.78. The lowest BCUT2D eigenvalue weighted by Crippen LogP contribution is -2.43. The first-order valence-corrected chi connectivity index (χ1v) is 11.2. The van der Waals surface area contributed by atoms with E-state index in [1.807, 2.05) is 0 Å². The zero-order valence-electron chi connectivity index (χ0n) is 16.4. The van der Waals surface area contributed by atoms with Crippen molar-refractivity contribution in [1.82, 2.24) is 0 Å². The van der Waals surface area contributed by atoms with Crippen LogP contribution in [0, 0.1) is 12.3 Å². The van der Waals surface area contributed by atoms with Crippen LogP contribution < -0.4 is 10.4 Å². The molecule has 0 unspecified atom stereocenters. The Labute approximate surface area is 160 Å². The van der Waals surface area contributed by atoms with Crippen LogP contribution >= 0.6 is 0 Å². The number of aryl methyl sites for hydroxylation is 1. The van der Waals surface area contributed by atoms with Crippen molar-refractivity contribution in [2.45, 2.75) is 40.2 Å². The van der Waals surface area contributed by atoms with Crippen molar-refractivity contribution in [2.75, 3.05) is 0 Å². The summed E-state index contributed by atoms with van der Waals surface area (Å²) in [6.45, 7) is 9.31. The molecule has 26 heavy (non-hydrogen) atoms. The average Bonchev–Trinajstić information content (AvgIpc) is 2.63. The largest absolute Gasteiger partial charge is 0.122 e. The third-order valence-corrected chi connectivity index (χ3v) is 7.75. The fourth-order valence-corrected chi connectivity index (χ4v) is 6.89. The predicted octanol–water partition coefficient (Wildman–Crippen LogP) is 5.71. The summed E-state index contributed by atoms with van der Waals surface area (Å²) in [6, 6.07) is 30.2. The molecule has 0 aliphatic rings. The summed E-state index contributed by atoms with van der Waals surface area (Å²) in [5, 5.41) is 3.07. The summed E-state index contributed by atoms with van der Waals surface area (Å²) >= 11 is 0. The first kappa shape index (κ1) is 18.7. The highest BCUT2D eigenvalue weighted by molar-refractivity contribution is 6.86. The molecule has 0 saturated heterocycles. The van der Waals surface area contributed by atoms with Gasteiger partial charge >= 0.3 is 0 Å². The van der Waals surface area contributed by atoms with E-state index in [1.165, 1.54) is 34.3 Å². The minimum Gasteiger partial charge on any atom is -0.0628 e. The molecule has 1 heteroatoms. The summed E-state index contributed by atoms with van der Waals surface area (Å²) in [5.74, 6) is 0. The maximum atomic E-state index is 2.37. The summed E-state index contributed by atoms with van der Waals surface area (Å²) in [6.07, 6.45) is 1.25. The smallest absolute Gasteiger partial charge is 0.0628 e. The molecule has 0 fully saturated rings. The van der Waals surface area contributed by atoms with Crippen LogP contribution in [0.2, 0.25) is 6.04 Å². The van der Waals surface area contributed by atoms with Crippen LogP contribution in [0.3, 0.4) is 0 Å². The van der Waals surface area contributed by atoms with Gasteiger partial charge in [-0.05, 0) is 34.2 Å². The van der Waals surface area contributed by atoms with Gasteiger partial charge in [-0.15, -0.1) is 0 Å². The molecule has 133 valence electrons. The van der Waals surface area contributed by atoms with Gasteiger partial charge in [-0.1, -0.05) is 117 Å².